The van der Waals surface area contributed by atoms with Crippen LogP contribution < -0.4 is 0 Å². The molecule has 22 heavy (non-hydrogen) atoms. The fourth-order valence-corrected chi connectivity index (χ4v) is 2.15. The molecule has 1 atom stereocenters. The summed E-state index contributed by atoms with van der Waals surface area (Å²) in [6.07, 6.45) is 0.661. The molecule has 0 aliphatic rings. The molecule has 0 aliphatic carbocycles. The van der Waals surface area contributed by atoms with Gasteiger partial charge in [-0.2, -0.15) is 0 Å². The van der Waals surface area contributed by atoms with Crippen LogP contribution in [0.2, 0.25) is 5.02 Å². The highest BCUT2D eigenvalue weighted by atomic mass is 35.5. The predicted molar refractivity (Wildman–Crippen MR) is 80.1 cm³/mol. The van der Waals surface area contributed by atoms with E-state index in [1.165, 1.54) is 19.1 Å². The van der Waals surface area contributed by atoms with Crippen molar-refractivity contribution in [3.05, 3.63) is 34.9 Å². The molecule has 6 nitrogen and oxygen atoms in total. The molecule has 1 aromatic carbocycles. The number of amides is 1. The smallest absolute Gasteiger partial charge is 0.328 e. The van der Waals surface area contributed by atoms with E-state index in [-0.39, 0.29) is 19.4 Å². The van der Waals surface area contributed by atoms with Crippen LogP contribution in [0.3, 0.4) is 0 Å². The van der Waals surface area contributed by atoms with Crippen LogP contribution in [0, 0.1) is 0 Å². The molecule has 1 amide bonds. The lowest BCUT2D eigenvalue weighted by Crippen LogP contribution is -2.41. The third-order valence-corrected chi connectivity index (χ3v) is 3.54. The molecule has 0 saturated heterocycles. The number of rotatable bonds is 8. The van der Waals surface area contributed by atoms with E-state index in [1.54, 1.807) is 24.3 Å². The maximum Gasteiger partial charge on any atom is 0.328 e. The number of carbonyl (C=O) groups excluding carboxylic acids is 3. The maximum absolute atomic E-state index is 11.9. The number of nitrogens with zero attached hydrogens (tertiary/aromatic N) is 1. The molecule has 1 aromatic rings. The van der Waals surface area contributed by atoms with Crippen molar-refractivity contribution >= 4 is 29.9 Å². The van der Waals surface area contributed by atoms with Crippen LogP contribution in [0.4, 0.5) is 0 Å². The second-order valence-electron chi connectivity index (χ2n) is 4.52. The minimum atomic E-state index is -0.877. The molecule has 0 spiro atoms. The van der Waals surface area contributed by atoms with E-state index in [9.17, 15) is 14.4 Å². The normalized spacial score (nSPS) is 11.4. The number of hydrogen-bond donors (Lipinski definition) is 0. The highest BCUT2D eigenvalue weighted by Crippen LogP contribution is 2.19. The summed E-state index contributed by atoms with van der Waals surface area (Å²) in [4.78, 5) is 35.7. The second kappa shape index (κ2) is 9.04. The van der Waals surface area contributed by atoms with Gasteiger partial charge in [0.15, 0.2) is 0 Å². The maximum atomic E-state index is 11.9. The Hall–Kier alpha value is -2.08. The second-order valence-corrected chi connectivity index (χ2v) is 4.93. The van der Waals surface area contributed by atoms with Crippen molar-refractivity contribution in [3.63, 3.8) is 0 Å². The molecule has 0 N–H and O–H groups in total. The average molecular weight is 328 g/mol. The Morgan fingerprint density at radius 1 is 1.27 bits per heavy atom. The van der Waals surface area contributed by atoms with Crippen LogP contribution in [-0.4, -0.2) is 43.5 Å². The lowest BCUT2D eigenvalue weighted by atomic mass is 10.1. The van der Waals surface area contributed by atoms with Crippen LogP contribution in [0.1, 0.15) is 18.4 Å². The van der Waals surface area contributed by atoms with E-state index in [4.69, 9.17) is 16.3 Å². The number of ether oxygens (including phenoxy) is 2. The fraction of sp³-hybridized carbons (Fsp3) is 0.400. The van der Waals surface area contributed by atoms with E-state index < -0.39 is 18.0 Å². The first-order valence-corrected chi connectivity index (χ1v) is 7.00. The summed E-state index contributed by atoms with van der Waals surface area (Å²) in [6, 6.07) is 6.13. The van der Waals surface area contributed by atoms with Gasteiger partial charge in [0, 0.05) is 18.0 Å². The molecular weight excluding hydrogens is 310 g/mol. The van der Waals surface area contributed by atoms with Crippen molar-refractivity contribution in [1.29, 1.82) is 0 Å². The first-order chi connectivity index (χ1) is 10.5. The van der Waals surface area contributed by atoms with Gasteiger partial charge in [0.1, 0.15) is 6.04 Å². The summed E-state index contributed by atoms with van der Waals surface area (Å²) in [5.41, 5.74) is 0.697. The highest BCUT2D eigenvalue weighted by molar-refractivity contribution is 6.31. The van der Waals surface area contributed by atoms with Crippen molar-refractivity contribution in [2.45, 2.75) is 25.4 Å². The summed E-state index contributed by atoms with van der Waals surface area (Å²) in [5, 5.41) is 0.492. The van der Waals surface area contributed by atoms with Gasteiger partial charge in [-0.05, 0) is 18.1 Å². The van der Waals surface area contributed by atoms with E-state index in [0.29, 0.717) is 17.0 Å². The Morgan fingerprint density at radius 3 is 2.50 bits per heavy atom. The number of esters is 2. The third kappa shape index (κ3) is 5.04. The molecule has 0 aromatic heterocycles. The third-order valence-electron chi connectivity index (χ3n) is 3.17. The van der Waals surface area contributed by atoms with Gasteiger partial charge in [0.05, 0.1) is 14.2 Å². The molecular formula is C15H18ClNO5. The summed E-state index contributed by atoms with van der Waals surface area (Å²) in [7, 11) is 2.49. The Bertz CT molecular complexity index is 534. The van der Waals surface area contributed by atoms with Crippen LogP contribution in [-0.2, 0) is 30.4 Å². The molecule has 0 bridgehead atoms. The first-order valence-electron chi connectivity index (χ1n) is 6.62. The topological polar surface area (TPSA) is 72.9 Å². The summed E-state index contributed by atoms with van der Waals surface area (Å²) in [5.74, 6) is -1.06. The van der Waals surface area contributed by atoms with Gasteiger partial charge < -0.3 is 14.4 Å². The van der Waals surface area contributed by atoms with Crippen LogP contribution in [0.15, 0.2) is 24.3 Å². The molecule has 120 valence electrons. The Kier molecular flexibility index (Phi) is 7.39. The Morgan fingerprint density at radius 2 is 1.95 bits per heavy atom. The molecule has 0 heterocycles. The van der Waals surface area contributed by atoms with E-state index in [0.717, 1.165) is 0 Å². The van der Waals surface area contributed by atoms with Crippen LogP contribution in [0.5, 0.6) is 0 Å². The molecule has 0 fully saturated rings. The zero-order chi connectivity index (χ0) is 16.5. The van der Waals surface area contributed by atoms with Crippen molar-refractivity contribution in [3.8, 4) is 0 Å². The number of halogens is 1. The van der Waals surface area contributed by atoms with E-state index in [2.05, 4.69) is 4.74 Å². The minimum absolute atomic E-state index is 0.00310. The lowest BCUT2D eigenvalue weighted by molar-refractivity contribution is -0.151. The standard InChI is InChI=1S/C15H18ClNO5/c1-21-14(19)8-7-13(15(20)22-2)17(10-18)9-11-5-3-4-6-12(11)16/h3-6,10,13H,7-9H2,1-2H3. The fourth-order valence-electron chi connectivity index (χ4n) is 1.96. The zero-order valence-electron chi connectivity index (χ0n) is 12.5. The van der Waals surface area contributed by atoms with Gasteiger partial charge in [-0.15, -0.1) is 0 Å². The molecule has 0 saturated carbocycles. The number of hydrogen-bond acceptors (Lipinski definition) is 5. The average Bonchev–Trinajstić information content (AvgIpc) is 2.54. The summed E-state index contributed by atoms with van der Waals surface area (Å²) >= 11 is 6.06. The quantitative estimate of drug-likeness (QED) is 0.537. The molecule has 0 radical (unpaired) electrons. The largest absolute Gasteiger partial charge is 0.469 e. The Labute approximate surface area is 133 Å². The molecule has 7 heteroatoms. The van der Waals surface area contributed by atoms with Gasteiger partial charge >= 0.3 is 11.9 Å². The number of benzene rings is 1. The monoisotopic (exact) mass is 327 g/mol. The molecule has 0 aliphatic heterocycles. The predicted octanol–water partition coefficient (Wildman–Crippen LogP) is 1.79. The molecule has 1 unspecified atom stereocenters. The van der Waals surface area contributed by atoms with Crippen molar-refractivity contribution in [2.75, 3.05) is 14.2 Å². The molecule has 1 rings (SSSR count). The van der Waals surface area contributed by atoms with Gasteiger partial charge in [-0.1, -0.05) is 29.8 Å². The summed E-state index contributed by atoms with van der Waals surface area (Å²) in [6.45, 7) is 0.143. The minimum Gasteiger partial charge on any atom is -0.469 e. The van der Waals surface area contributed by atoms with Gasteiger partial charge in [0.2, 0.25) is 6.41 Å². The zero-order valence-corrected chi connectivity index (χ0v) is 13.2. The number of methoxy groups -OCH3 is 2. The summed E-state index contributed by atoms with van der Waals surface area (Å²) < 4.78 is 9.25. The van der Waals surface area contributed by atoms with Crippen molar-refractivity contribution in [1.82, 2.24) is 4.90 Å². The highest BCUT2D eigenvalue weighted by Gasteiger charge is 2.27. The van der Waals surface area contributed by atoms with Crippen LogP contribution >= 0.6 is 11.6 Å². The first kappa shape index (κ1) is 18.0. The van der Waals surface area contributed by atoms with Gasteiger partial charge in [0.25, 0.3) is 0 Å². The van der Waals surface area contributed by atoms with Crippen LogP contribution in [0.25, 0.3) is 0 Å². The van der Waals surface area contributed by atoms with E-state index >= 15 is 0 Å². The van der Waals surface area contributed by atoms with Gasteiger partial charge in [-0.3, -0.25) is 9.59 Å². The SMILES string of the molecule is COC(=O)CCC(C(=O)OC)N(C=O)Cc1ccccc1Cl. The van der Waals surface area contributed by atoms with Gasteiger partial charge in [-0.25, -0.2) is 4.79 Å². The van der Waals surface area contributed by atoms with E-state index in [1.807, 2.05) is 0 Å². The Balaban J connectivity index is 2.88. The van der Waals surface area contributed by atoms with Crippen molar-refractivity contribution in [2.24, 2.45) is 0 Å². The van der Waals surface area contributed by atoms with Crippen molar-refractivity contribution < 1.29 is 23.9 Å². The number of carbonyl (C=O) groups is 3. The lowest BCUT2D eigenvalue weighted by Gasteiger charge is -2.26.